The Morgan fingerprint density at radius 1 is 1.68 bits per heavy atom. The van der Waals surface area contributed by atoms with E-state index in [-0.39, 0.29) is 17.7 Å². The monoisotopic (exact) mass is 310 g/mol. The van der Waals surface area contributed by atoms with Crippen LogP contribution in [-0.4, -0.2) is 22.7 Å². The van der Waals surface area contributed by atoms with Gasteiger partial charge in [-0.2, -0.15) is 0 Å². The number of fused-ring (bicyclic) bond motifs is 1. The van der Waals surface area contributed by atoms with Gasteiger partial charge < -0.3 is 5.32 Å². The topological polar surface area (TPSA) is 42.0 Å². The van der Waals surface area contributed by atoms with Gasteiger partial charge in [0.15, 0.2) is 4.34 Å². The molecule has 0 radical (unpaired) electrons. The fraction of sp³-hybridized carbons (Fsp3) is 0.231. The number of thiazole rings is 1. The first-order valence-electron chi connectivity index (χ1n) is 5.54. The number of halogens is 1. The quantitative estimate of drug-likeness (QED) is 0.696. The molecule has 1 atom stereocenters. The first-order chi connectivity index (χ1) is 9.10. The standard InChI is InChI=1S/C13H11ClN2OS2/c1-3-6-15-12(17)8(2)18-13-16-10-7-9(14)4-5-11(10)19-13/h1,4-5,7-8H,6H2,2H3,(H,15,17). The van der Waals surface area contributed by atoms with Crippen LogP contribution >= 0.6 is 34.7 Å². The molecule has 0 spiro atoms. The Hall–Kier alpha value is -1.22. The van der Waals surface area contributed by atoms with E-state index >= 15 is 0 Å². The highest BCUT2D eigenvalue weighted by Gasteiger charge is 2.16. The predicted molar refractivity (Wildman–Crippen MR) is 81.8 cm³/mol. The van der Waals surface area contributed by atoms with Crippen molar-refractivity contribution < 1.29 is 4.79 Å². The summed E-state index contributed by atoms with van der Waals surface area (Å²) in [7, 11) is 0. The van der Waals surface area contributed by atoms with Gasteiger partial charge in [-0.1, -0.05) is 29.3 Å². The molecule has 2 rings (SSSR count). The Labute approximate surface area is 124 Å². The van der Waals surface area contributed by atoms with E-state index in [1.54, 1.807) is 11.3 Å². The molecule has 0 aliphatic heterocycles. The molecule has 0 saturated carbocycles. The summed E-state index contributed by atoms with van der Waals surface area (Å²) < 4.78 is 1.91. The first-order valence-corrected chi connectivity index (χ1v) is 7.61. The zero-order valence-electron chi connectivity index (χ0n) is 10.1. The van der Waals surface area contributed by atoms with Gasteiger partial charge in [0, 0.05) is 5.02 Å². The van der Waals surface area contributed by atoms with Crippen LogP contribution in [-0.2, 0) is 4.79 Å². The van der Waals surface area contributed by atoms with Gasteiger partial charge in [-0.25, -0.2) is 4.98 Å². The van der Waals surface area contributed by atoms with Crippen molar-refractivity contribution in [3.63, 3.8) is 0 Å². The van der Waals surface area contributed by atoms with E-state index in [1.165, 1.54) is 11.8 Å². The molecule has 0 bridgehead atoms. The fourth-order valence-corrected chi connectivity index (χ4v) is 3.80. The molecule has 3 nitrogen and oxygen atoms in total. The number of nitrogens with one attached hydrogen (secondary N) is 1. The van der Waals surface area contributed by atoms with Crippen LogP contribution in [0.5, 0.6) is 0 Å². The lowest BCUT2D eigenvalue weighted by molar-refractivity contribution is -0.120. The number of benzene rings is 1. The Balaban J connectivity index is 2.09. The number of thioether (sulfide) groups is 1. The van der Waals surface area contributed by atoms with E-state index in [4.69, 9.17) is 18.0 Å². The highest BCUT2D eigenvalue weighted by atomic mass is 35.5. The number of hydrogen-bond acceptors (Lipinski definition) is 4. The summed E-state index contributed by atoms with van der Waals surface area (Å²) in [5.41, 5.74) is 0.858. The number of carbonyl (C=O) groups is 1. The number of aromatic nitrogens is 1. The lowest BCUT2D eigenvalue weighted by atomic mass is 10.3. The van der Waals surface area contributed by atoms with Crippen molar-refractivity contribution in [1.29, 1.82) is 0 Å². The molecule has 0 saturated heterocycles. The van der Waals surface area contributed by atoms with Crippen molar-refractivity contribution in [2.45, 2.75) is 16.5 Å². The van der Waals surface area contributed by atoms with Crippen LogP contribution in [0, 0.1) is 12.3 Å². The summed E-state index contributed by atoms with van der Waals surface area (Å²) in [5, 5.41) is 3.08. The van der Waals surface area contributed by atoms with Crippen molar-refractivity contribution >= 4 is 50.8 Å². The average molecular weight is 311 g/mol. The third-order valence-electron chi connectivity index (χ3n) is 2.34. The molecule has 0 aliphatic carbocycles. The third-order valence-corrected chi connectivity index (χ3v) is 4.81. The van der Waals surface area contributed by atoms with Gasteiger partial charge >= 0.3 is 0 Å². The zero-order chi connectivity index (χ0) is 13.8. The number of amides is 1. The van der Waals surface area contributed by atoms with Gasteiger partial charge in [0.2, 0.25) is 5.91 Å². The molecule has 6 heteroatoms. The van der Waals surface area contributed by atoms with E-state index in [2.05, 4.69) is 16.2 Å². The largest absolute Gasteiger partial charge is 0.344 e. The SMILES string of the molecule is C#CCNC(=O)C(C)Sc1nc2cc(Cl)ccc2s1. The van der Waals surface area contributed by atoms with Crippen molar-refractivity contribution in [3.8, 4) is 12.3 Å². The van der Waals surface area contributed by atoms with Crippen molar-refractivity contribution in [3.05, 3.63) is 23.2 Å². The zero-order valence-corrected chi connectivity index (χ0v) is 12.5. The number of carbonyl (C=O) groups excluding carboxylic acids is 1. The van der Waals surface area contributed by atoms with Gasteiger partial charge in [0.05, 0.1) is 22.0 Å². The average Bonchev–Trinajstić information content (AvgIpc) is 2.77. The molecule has 98 valence electrons. The Morgan fingerprint density at radius 3 is 3.21 bits per heavy atom. The smallest absolute Gasteiger partial charge is 0.234 e. The molecule has 0 fully saturated rings. The molecular weight excluding hydrogens is 300 g/mol. The molecule has 1 amide bonds. The Morgan fingerprint density at radius 2 is 2.47 bits per heavy atom. The van der Waals surface area contributed by atoms with Gasteiger partial charge in [-0.15, -0.1) is 17.8 Å². The second-order valence-electron chi connectivity index (χ2n) is 3.77. The number of nitrogens with zero attached hydrogens (tertiary/aromatic N) is 1. The molecule has 1 aromatic carbocycles. The van der Waals surface area contributed by atoms with Gasteiger partial charge in [0.1, 0.15) is 0 Å². The summed E-state index contributed by atoms with van der Waals surface area (Å²) in [6.45, 7) is 2.08. The van der Waals surface area contributed by atoms with Crippen LogP contribution in [0.25, 0.3) is 10.2 Å². The predicted octanol–water partition coefficient (Wildman–Crippen LogP) is 3.18. The second kappa shape index (κ2) is 6.29. The minimum atomic E-state index is -0.232. The number of terminal acetylenes is 1. The lowest BCUT2D eigenvalue weighted by Crippen LogP contribution is -2.30. The van der Waals surface area contributed by atoms with Crippen LogP contribution in [0.2, 0.25) is 5.02 Å². The minimum Gasteiger partial charge on any atom is -0.344 e. The Bertz CT molecular complexity index is 648. The summed E-state index contributed by atoms with van der Waals surface area (Å²) in [5.74, 6) is 2.29. The van der Waals surface area contributed by atoms with Crippen molar-refractivity contribution in [2.24, 2.45) is 0 Å². The molecule has 19 heavy (non-hydrogen) atoms. The van der Waals surface area contributed by atoms with Gasteiger partial charge in [0.25, 0.3) is 0 Å². The number of rotatable bonds is 4. The molecule has 1 N–H and O–H groups in total. The van der Waals surface area contributed by atoms with E-state index in [9.17, 15) is 4.79 Å². The summed E-state index contributed by atoms with van der Waals surface area (Å²) in [6, 6.07) is 5.59. The summed E-state index contributed by atoms with van der Waals surface area (Å²) in [6.07, 6.45) is 5.10. The van der Waals surface area contributed by atoms with E-state index in [0.29, 0.717) is 5.02 Å². The van der Waals surface area contributed by atoms with Gasteiger partial charge in [-0.3, -0.25) is 4.79 Å². The molecule has 0 aliphatic rings. The maximum absolute atomic E-state index is 11.7. The first kappa shape index (κ1) is 14.2. The maximum Gasteiger partial charge on any atom is 0.234 e. The highest BCUT2D eigenvalue weighted by molar-refractivity contribution is 8.02. The van der Waals surface area contributed by atoms with Crippen LogP contribution in [0.3, 0.4) is 0 Å². The molecule has 2 aromatic rings. The molecular formula is C13H11ClN2OS2. The molecule has 1 aromatic heterocycles. The normalized spacial score (nSPS) is 12.1. The number of hydrogen-bond donors (Lipinski definition) is 1. The summed E-state index contributed by atoms with van der Waals surface area (Å²) in [4.78, 5) is 16.2. The van der Waals surface area contributed by atoms with Crippen LogP contribution in [0.15, 0.2) is 22.5 Å². The summed E-state index contributed by atoms with van der Waals surface area (Å²) >= 11 is 8.88. The highest BCUT2D eigenvalue weighted by Crippen LogP contribution is 2.33. The fourth-order valence-electron chi connectivity index (χ4n) is 1.42. The molecule has 1 unspecified atom stereocenters. The molecule has 1 heterocycles. The third kappa shape index (κ3) is 3.63. The van der Waals surface area contributed by atoms with Crippen LogP contribution in [0.4, 0.5) is 0 Å². The second-order valence-corrected chi connectivity index (χ2v) is 6.83. The maximum atomic E-state index is 11.7. The Kier molecular flexibility index (Phi) is 4.70. The van der Waals surface area contributed by atoms with E-state index < -0.39 is 0 Å². The van der Waals surface area contributed by atoms with Crippen molar-refractivity contribution in [1.82, 2.24) is 10.3 Å². The van der Waals surface area contributed by atoms with E-state index in [0.717, 1.165) is 14.6 Å². The minimum absolute atomic E-state index is 0.0831. The lowest BCUT2D eigenvalue weighted by Gasteiger charge is -2.07. The van der Waals surface area contributed by atoms with Crippen molar-refractivity contribution in [2.75, 3.05) is 6.54 Å². The van der Waals surface area contributed by atoms with Crippen LogP contribution < -0.4 is 5.32 Å². The van der Waals surface area contributed by atoms with E-state index in [1.807, 2.05) is 25.1 Å². The van der Waals surface area contributed by atoms with Gasteiger partial charge in [-0.05, 0) is 25.1 Å². The van der Waals surface area contributed by atoms with Crippen LogP contribution in [0.1, 0.15) is 6.92 Å².